The summed E-state index contributed by atoms with van der Waals surface area (Å²) in [4.78, 5) is 31.0. The molecule has 3 rings (SSSR count). The number of benzene rings is 1. The molecule has 0 aliphatic carbocycles. The summed E-state index contributed by atoms with van der Waals surface area (Å²) in [7, 11) is -0.875. The Bertz CT molecular complexity index is 1060. The van der Waals surface area contributed by atoms with Gasteiger partial charge in [0, 0.05) is 38.3 Å². The maximum absolute atomic E-state index is 13.1. The van der Waals surface area contributed by atoms with Gasteiger partial charge in [-0.1, -0.05) is 0 Å². The van der Waals surface area contributed by atoms with E-state index in [0.29, 0.717) is 32.0 Å². The average Bonchev–Trinajstić information content (AvgIpc) is 3.22. The molecule has 2 heterocycles. The van der Waals surface area contributed by atoms with E-state index in [0.717, 1.165) is 15.6 Å². The molecule has 0 saturated carbocycles. The lowest BCUT2D eigenvalue weighted by atomic mass is 10.1. The minimum absolute atomic E-state index is 0.00557. The number of ether oxygens (including phenoxy) is 2. The number of rotatable bonds is 7. The quantitative estimate of drug-likeness (QED) is 0.610. The first-order chi connectivity index (χ1) is 14.7. The van der Waals surface area contributed by atoms with Crippen molar-refractivity contribution in [3.8, 4) is 0 Å². The number of thiazole rings is 1. The maximum atomic E-state index is 13.1. The van der Waals surface area contributed by atoms with Crippen LogP contribution in [0.15, 0.2) is 28.5 Å². The van der Waals surface area contributed by atoms with Gasteiger partial charge >= 0.3 is 5.97 Å². The first kappa shape index (κ1) is 23.1. The number of esters is 1. The van der Waals surface area contributed by atoms with E-state index in [2.05, 4.69) is 10.3 Å². The highest BCUT2D eigenvalue weighted by atomic mass is 32.2. The van der Waals surface area contributed by atoms with Gasteiger partial charge in [-0.05, 0) is 25.1 Å². The highest BCUT2D eigenvalue weighted by Gasteiger charge is 2.25. The number of nitrogens with zero attached hydrogens (tertiary/aromatic N) is 3. The summed E-state index contributed by atoms with van der Waals surface area (Å²) in [6.07, 6.45) is 0. The molecule has 1 N–H and O–H groups in total. The Morgan fingerprint density at radius 1 is 1.29 bits per heavy atom. The molecule has 1 saturated heterocycles. The first-order valence-corrected chi connectivity index (χ1v) is 11.9. The third-order valence-corrected chi connectivity index (χ3v) is 7.12. The molecule has 1 aromatic carbocycles. The Kier molecular flexibility index (Phi) is 7.26. The van der Waals surface area contributed by atoms with Crippen molar-refractivity contribution >= 4 is 44.1 Å². The second-order valence-corrected chi connectivity index (χ2v) is 9.79. The normalized spacial score (nSPS) is 14.5. The van der Waals surface area contributed by atoms with Crippen LogP contribution in [0.3, 0.4) is 0 Å². The fraction of sp³-hybridized carbons (Fsp3) is 0.421. The highest BCUT2D eigenvalue weighted by molar-refractivity contribution is 7.89. The van der Waals surface area contributed by atoms with E-state index in [-0.39, 0.29) is 27.9 Å². The number of hydrogen-bond acceptors (Lipinski definition) is 9. The molecule has 1 amide bonds. The number of morpholine rings is 1. The highest BCUT2D eigenvalue weighted by Crippen LogP contribution is 2.28. The predicted octanol–water partition coefficient (Wildman–Crippen LogP) is 1.66. The number of carbonyl (C=O) groups excluding carboxylic acids is 2. The van der Waals surface area contributed by atoms with Crippen LogP contribution in [0.25, 0.3) is 0 Å². The number of aromatic nitrogens is 1. The lowest BCUT2D eigenvalue weighted by Gasteiger charge is -2.30. The van der Waals surface area contributed by atoms with E-state index in [1.165, 1.54) is 31.6 Å². The van der Waals surface area contributed by atoms with E-state index in [4.69, 9.17) is 9.47 Å². The van der Waals surface area contributed by atoms with E-state index in [9.17, 15) is 18.0 Å². The van der Waals surface area contributed by atoms with Crippen molar-refractivity contribution in [2.75, 3.05) is 57.2 Å². The van der Waals surface area contributed by atoms with Crippen LogP contribution in [0.4, 0.5) is 10.8 Å². The molecular weight excluding hydrogens is 444 g/mol. The largest absolute Gasteiger partial charge is 0.461 e. The third-order valence-electron chi connectivity index (χ3n) is 4.55. The molecule has 1 fully saturated rings. The smallest absolute Gasteiger partial charge is 0.357 e. The summed E-state index contributed by atoms with van der Waals surface area (Å²) in [5.74, 6) is -1.10. The van der Waals surface area contributed by atoms with Crippen LogP contribution in [0.2, 0.25) is 0 Å². The third kappa shape index (κ3) is 5.21. The van der Waals surface area contributed by atoms with Crippen LogP contribution < -0.4 is 10.2 Å². The zero-order valence-electron chi connectivity index (χ0n) is 17.5. The van der Waals surface area contributed by atoms with Gasteiger partial charge in [0.05, 0.1) is 30.3 Å². The second-order valence-electron chi connectivity index (χ2n) is 6.78. The van der Waals surface area contributed by atoms with Gasteiger partial charge in [-0.15, -0.1) is 11.3 Å². The molecule has 0 unspecified atom stereocenters. The number of nitrogens with one attached hydrogen (secondary N) is 1. The van der Waals surface area contributed by atoms with Crippen LogP contribution in [0.5, 0.6) is 0 Å². The van der Waals surface area contributed by atoms with Gasteiger partial charge in [-0.25, -0.2) is 22.5 Å². The van der Waals surface area contributed by atoms with Gasteiger partial charge in [0.15, 0.2) is 10.8 Å². The fourth-order valence-corrected chi connectivity index (χ4v) is 4.55. The number of anilines is 2. The Hall–Kier alpha value is -2.54. The zero-order chi connectivity index (χ0) is 22.6. The fourth-order valence-electron chi connectivity index (χ4n) is 2.94. The average molecular weight is 469 g/mol. The molecule has 10 nitrogen and oxygen atoms in total. The Morgan fingerprint density at radius 3 is 2.65 bits per heavy atom. The van der Waals surface area contributed by atoms with Crippen LogP contribution in [-0.4, -0.2) is 76.6 Å². The predicted molar refractivity (Wildman–Crippen MR) is 116 cm³/mol. The van der Waals surface area contributed by atoms with Gasteiger partial charge in [0.2, 0.25) is 10.0 Å². The molecule has 2 aromatic rings. The summed E-state index contributed by atoms with van der Waals surface area (Å²) >= 11 is 1.08. The van der Waals surface area contributed by atoms with Crippen molar-refractivity contribution < 1.29 is 27.5 Å². The molecule has 1 aromatic heterocycles. The van der Waals surface area contributed by atoms with Crippen LogP contribution in [-0.2, 0) is 19.5 Å². The number of hydrogen-bond donors (Lipinski definition) is 1. The number of carbonyl (C=O) groups is 2. The van der Waals surface area contributed by atoms with Gasteiger partial charge in [0.25, 0.3) is 5.91 Å². The molecule has 0 radical (unpaired) electrons. The molecule has 1 aliphatic rings. The Morgan fingerprint density at radius 2 is 2.00 bits per heavy atom. The second kappa shape index (κ2) is 9.73. The monoisotopic (exact) mass is 468 g/mol. The van der Waals surface area contributed by atoms with Crippen LogP contribution in [0, 0.1) is 0 Å². The van der Waals surface area contributed by atoms with Gasteiger partial charge in [0.1, 0.15) is 0 Å². The number of sulfonamides is 1. The number of amides is 1. The maximum Gasteiger partial charge on any atom is 0.357 e. The van der Waals surface area contributed by atoms with Crippen molar-refractivity contribution in [3.05, 3.63) is 34.8 Å². The van der Waals surface area contributed by atoms with Crippen molar-refractivity contribution in [1.29, 1.82) is 0 Å². The molecule has 31 heavy (non-hydrogen) atoms. The lowest BCUT2D eigenvalue weighted by Crippen LogP contribution is -2.37. The summed E-state index contributed by atoms with van der Waals surface area (Å²) in [6.45, 7) is 4.07. The van der Waals surface area contributed by atoms with E-state index in [1.54, 1.807) is 13.0 Å². The van der Waals surface area contributed by atoms with E-state index in [1.807, 2.05) is 4.90 Å². The van der Waals surface area contributed by atoms with Gasteiger partial charge in [-0.3, -0.25) is 10.1 Å². The van der Waals surface area contributed by atoms with Gasteiger partial charge in [-0.2, -0.15) is 0 Å². The minimum Gasteiger partial charge on any atom is -0.461 e. The van der Waals surface area contributed by atoms with E-state index >= 15 is 0 Å². The van der Waals surface area contributed by atoms with Crippen molar-refractivity contribution in [1.82, 2.24) is 9.29 Å². The van der Waals surface area contributed by atoms with Gasteiger partial charge < -0.3 is 14.4 Å². The molecule has 0 spiro atoms. The summed E-state index contributed by atoms with van der Waals surface area (Å²) < 4.78 is 36.6. The van der Waals surface area contributed by atoms with Crippen molar-refractivity contribution in [2.24, 2.45) is 0 Å². The van der Waals surface area contributed by atoms with E-state index < -0.39 is 21.9 Å². The molecular formula is C19H24N4O6S2. The molecule has 0 atom stereocenters. The van der Waals surface area contributed by atoms with Crippen molar-refractivity contribution in [3.63, 3.8) is 0 Å². The lowest BCUT2D eigenvalue weighted by molar-refractivity contribution is 0.0520. The molecule has 1 aliphatic heterocycles. The SMILES string of the molecule is CCOC(=O)c1csc(NC(=O)c2cc(S(=O)(=O)N(C)C)ccc2N2CCOCC2)n1. The van der Waals surface area contributed by atoms with Crippen LogP contribution in [0.1, 0.15) is 27.8 Å². The summed E-state index contributed by atoms with van der Waals surface area (Å²) in [6, 6.07) is 4.47. The van der Waals surface area contributed by atoms with Crippen molar-refractivity contribution in [2.45, 2.75) is 11.8 Å². The Balaban J connectivity index is 1.94. The molecule has 0 bridgehead atoms. The first-order valence-electron chi connectivity index (χ1n) is 9.57. The Labute approximate surface area is 184 Å². The summed E-state index contributed by atoms with van der Waals surface area (Å²) in [5, 5.41) is 4.36. The minimum atomic E-state index is -3.73. The van der Waals surface area contributed by atoms with Crippen LogP contribution >= 0.6 is 11.3 Å². The zero-order valence-corrected chi connectivity index (χ0v) is 19.1. The standard InChI is InChI=1S/C19H24N4O6S2/c1-4-29-18(25)15-12-30-19(20-15)21-17(24)14-11-13(31(26,27)22(2)3)5-6-16(14)23-7-9-28-10-8-23/h5-6,11-12H,4,7-10H2,1-3H3,(H,20,21,24). The molecule has 12 heteroatoms. The molecule has 168 valence electrons. The summed E-state index contributed by atoms with van der Waals surface area (Å²) in [5.41, 5.74) is 0.887. The topological polar surface area (TPSA) is 118 Å².